The Kier molecular flexibility index (Phi) is 2.53. The number of imidazole rings is 1. The van der Waals surface area contributed by atoms with E-state index >= 15 is 0 Å². The van der Waals surface area contributed by atoms with Crippen molar-refractivity contribution in [1.82, 2.24) is 29.9 Å². The molecule has 0 spiro atoms. The van der Waals surface area contributed by atoms with Crippen molar-refractivity contribution in [2.45, 2.75) is 5.92 Å². The van der Waals surface area contributed by atoms with E-state index in [1.807, 2.05) is 24.3 Å². The van der Waals surface area contributed by atoms with E-state index in [-0.39, 0.29) is 11.8 Å². The SMILES string of the molecule is Cn1cc(C(=O)N2CC(c3nc4ccccc4[nH]3)C2)nn1. The van der Waals surface area contributed by atoms with Crippen LogP contribution in [0.25, 0.3) is 11.0 Å². The van der Waals surface area contributed by atoms with Crippen LogP contribution in [0.15, 0.2) is 30.5 Å². The van der Waals surface area contributed by atoms with E-state index in [1.165, 1.54) is 4.68 Å². The zero-order chi connectivity index (χ0) is 14.4. The Balaban J connectivity index is 1.48. The number of amides is 1. The molecule has 1 fully saturated rings. The lowest BCUT2D eigenvalue weighted by atomic mass is 9.99. The van der Waals surface area contributed by atoms with Crippen LogP contribution >= 0.6 is 0 Å². The van der Waals surface area contributed by atoms with E-state index in [0.29, 0.717) is 18.8 Å². The third kappa shape index (κ3) is 1.97. The molecule has 2 aromatic heterocycles. The predicted molar refractivity (Wildman–Crippen MR) is 75.7 cm³/mol. The first-order valence-electron chi connectivity index (χ1n) is 6.81. The summed E-state index contributed by atoms with van der Waals surface area (Å²) in [4.78, 5) is 21.8. The zero-order valence-electron chi connectivity index (χ0n) is 11.5. The minimum Gasteiger partial charge on any atom is -0.342 e. The number of aromatic nitrogens is 5. The Morgan fingerprint density at radius 2 is 2.14 bits per heavy atom. The van der Waals surface area contributed by atoms with Gasteiger partial charge in [-0.05, 0) is 12.1 Å². The molecule has 0 radical (unpaired) electrons. The summed E-state index contributed by atoms with van der Waals surface area (Å²) in [6.07, 6.45) is 1.64. The molecule has 0 atom stereocenters. The maximum Gasteiger partial charge on any atom is 0.276 e. The summed E-state index contributed by atoms with van der Waals surface area (Å²) in [6.45, 7) is 1.32. The molecule has 106 valence electrons. The van der Waals surface area contributed by atoms with E-state index in [2.05, 4.69) is 20.3 Å². The van der Waals surface area contributed by atoms with Crippen LogP contribution in [-0.4, -0.2) is 48.9 Å². The van der Waals surface area contributed by atoms with Gasteiger partial charge in [0, 0.05) is 20.1 Å². The number of hydrogen-bond donors (Lipinski definition) is 1. The lowest BCUT2D eigenvalue weighted by Gasteiger charge is -2.37. The van der Waals surface area contributed by atoms with Crippen LogP contribution in [0.4, 0.5) is 0 Å². The molecule has 0 bridgehead atoms. The monoisotopic (exact) mass is 282 g/mol. The van der Waals surface area contributed by atoms with Crippen LogP contribution in [0.1, 0.15) is 22.2 Å². The molecule has 1 N–H and O–H groups in total. The number of nitrogens with zero attached hydrogens (tertiary/aromatic N) is 5. The topological polar surface area (TPSA) is 79.7 Å². The van der Waals surface area contributed by atoms with Crippen LogP contribution in [0, 0.1) is 0 Å². The van der Waals surface area contributed by atoms with Crippen molar-refractivity contribution in [2.75, 3.05) is 13.1 Å². The third-order valence-corrected chi connectivity index (χ3v) is 3.78. The first kappa shape index (κ1) is 12.1. The van der Waals surface area contributed by atoms with Crippen LogP contribution in [0.3, 0.4) is 0 Å². The van der Waals surface area contributed by atoms with E-state index in [1.54, 1.807) is 18.1 Å². The fraction of sp³-hybridized carbons (Fsp3) is 0.286. The minimum atomic E-state index is -0.0736. The van der Waals surface area contributed by atoms with Crippen LogP contribution < -0.4 is 0 Å². The number of nitrogens with one attached hydrogen (secondary N) is 1. The minimum absolute atomic E-state index is 0.0736. The van der Waals surface area contributed by atoms with Crippen LogP contribution in [0.2, 0.25) is 0 Å². The number of fused-ring (bicyclic) bond motifs is 1. The second kappa shape index (κ2) is 4.41. The maximum atomic E-state index is 12.2. The van der Waals surface area contributed by atoms with Crippen molar-refractivity contribution in [1.29, 1.82) is 0 Å². The Bertz CT molecular complexity index is 781. The second-order valence-electron chi connectivity index (χ2n) is 5.32. The van der Waals surface area contributed by atoms with Gasteiger partial charge in [-0.15, -0.1) is 5.10 Å². The summed E-state index contributed by atoms with van der Waals surface area (Å²) < 4.78 is 1.53. The Morgan fingerprint density at radius 1 is 1.33 bits per heavy atom. The third-order valence-electron chi connectivity index (χ3n) is 3.78. The Labute approximate surface area is 120 Å². The van der Waals surface area contributed by atoms with Crippen molar-refractivity contribution in [2.24, 2.45) is 7.05 Å². The summed E-state index contributed by atoms with van der Waals surface area (Å²) >= 11 is 0. The van der Waals surface area contributed by atoms with Gasteiger partial charge in [0.15, 0.2) is 5.69 Å². The smallest absolute Gasteiger partial charge is 0.276 e. The summed E-state index contributed by atoms with van der Waals surface area (Å²) in [7, 11) is 1.75. The van der Waals surface area contributed by atoms with Gasteiger partial charge in [0.1, 0.15) is 5.82 Å². The summed E-state index contributed by atoms with van der Waals surface area (Å²) in [5.41, 5.74) is 2.39. The maximum absolute atomic E-state index is 12.2. The lowest BCUT2D eigenvalue weighted by Crippen LogP contribution is -2.49. The highest BCUT2D eigenvalue weighted by Gasteiger charge is 2.35. The number of carbonyl (C=O) groups excluding carboxylic acids is 1. The molecule has 3 aromatic rings. The van der Waals surface area contributed by atoms with Crippen molar-refractivity contribution in [3.05, 3.63) is 42.0 Å². The number of rotatable bonds is 2. The summed E-state index contributed by atoms with van der Waals surface area (Å²) in [6, 6.07) is 7.94. The van der Waals surface area contributed by atoms with Crippen molar-refractivity contribution in [3.63, 3.8) is 0 Å². The molecule has 1 saturated heterocycles. The fourth-order valence-corrected chi connectivity index (χ4v) is 2.59. The Morgan fingerprint density at radius 3 is 2.86 bits per heavy atom. The molecular weight excluding hydrogens is 268 g/mol. The van der Waals surface area contributed by atoms with Gasteiger partial charge in [-0.25, -0.2) is 4.98 Å². The molecule has 1 aliphatic rings. The number of aryl methyl sites for hydroxylation is 1. The second-order valence-corrected chi connectivity index (χ2v) is 5.32. The molecule has 1 amide bonds. The van der Waals surface area contributed by atoms with Gasteiger partial charge in [0.05, 0.1) is 23.1 Å². The first-order chi connectivity index (χ1) is 10.2. The van der Waals surface area contributed by atoms with Crippen molar-refractivity contribution >= 4 is 16.9 Å². The van der Waals surface area contributed by atoms with Gasteiger partial charge in [0.2, 0.25) is 0 Å². The average Bonchev–Trinajstić information content (AvgIpc) is 3.02. The highest BCUT2D eigenvalue weighted by Crippen LogP contribution is 2.27. The van der Waals surface area contributed by atoms with E-state index in [9.17, 15) is 4.79 Å². The number of benzene rings is 1. The van der Waals surface area contributed by atoms with Crippen molar-refractivity contribution in [3.8, 4) is 0 Å². The van der Waals surface area contributed by atoms with E-state index in [0.717, 1.165) is 16.9 Å². The molecule has 7 heteroatoms. The van der Waals surface area contributed by atoms with Gasteiger partial charge in [-0.3, -0.25) is 9.48 Å². The number of aromatic amines is 1. The highest BCUT2D eigenvalue weighted by molar-refractivity contribution is 5.92. The van der Waals surface area contributed by atoms with Gasteiger partial charge in [0.25, 0.3) is 5.91 Å². The molecule has 0 aliphatic carbocycles. The standard InChI is InChI=1S/C14H14N6O/c1-19-8-12(17-18-19)14(21)20-6-9(7-20)13-15-10-4-2-3-5-11(10)16-13/h2-5,8-9H,6-7H2,1H3,(H,15,16). The largest absolute Gasteiger partial charge is 0.342 e. The normalized spacial score (nSPS) is 15.4. The first-order valence-corrected chi connectivity index (χ1v) is 6.81. The van der Waals surface area contributed by atoms with Gasteiger partial charge in [-0.1, -0.05) is 17.3 Å². The molecule has 0 saturated carbocycles. The molecule has 1 aromatic carbocycles. The fourth-order valence-electron chi connectivity index (χ4n) is 2.59. The molecule has 4 rings (SSSR count). The molecule has 0 unspecified atom stereocenters. The van der Waals surface area contributed by atoms with Gasteiger partial charge >= 0.3 is 0 Å². The average molecular weight is 282 g/mol. The highest BCUT2D eigenvalue weighted by atomic mass is 16.2. The van der Waals surface area contributed by atoms with Gasteiger partial charge in [-0.2, -0.15) is 0 Å². The number of H-pyrrole nitrogens is 1. The summed E-state index contributed by atoms with van der Waals surface area (Å²) in [5.74, 6) is 1.13. The van der Waals surface area contributed by atoms with Crippen LogP contribution in [0.5, 0.6) is 0 Å². The quantitative estimate of drug-likeness (QED) is 0.758. The Hall–Kier alpha value is -2.70. The molecule has 3 heterocycles. The molecular formula is C14H14N6O. The number of hydrogen-bond acceptors (Lipinski definition) is 4. The predicted octanol–water partition coefficient (Wildman–Crippen LogP) is 0.931. The molecule has 7 nitrogen and oxygen atoms in total. The number of para-hydroxylation sites is 2. The van der Waals surface area contributed by atoms with E-state index < -0.39 is 0 Å². The number of likely N-dealkylation sites (tertiary alicyclic amines) is 1. The molecule has 1 aliphatic heterocycles. The van der Waals surface area contributed by atoms with Gasteiger partial charge < -0.3 is 9.88 Å². The van der Waals surface area contributed by atoms with Crippen LogP contribution in [-0.2, 0) is 7.05 Å². The zero-order valence-corrected chi connectivity index (χ0v) is 11.5. The number of carbonyl (C=O) groups is 1. The van der Waals surface area contributed by atoms with E-state index in [4.69, 9.17) is 0 Å². The molecule has 21 heavy (non-hydrogen) atoms. The van der Waals surface area contributed by atoms with Crippen molar-refractivity contribution < 1.29 is 4.79 Å². The lowest BCUT2D eigenvalue weighted by molar-refractivity contribution is 0.0589. The summed E-state index contributed by atoms with van der Waals surface area (Å²) in [5, 5.41) is 7.63.